The van der Waals surface area contributed by atoms with Gasteiger partial charge in [-0.25, -0.2) is 4.79 Å². The minimum absolute atomic E-state index is 0.0468. The van der Waals surface area contributed by atoms with Crippen molar-refractivity contribution in [2.24, 2.45) is 0 Å². The van der Waals surface area contributed by atoms with Crippen LogP contribution in [0.25, 0.3) is 0 Å². The molecule has 1 saturated heterocycles. The van der Waals surface area contributed by atoms with E-state index in [9.17, 15) is 9.59 Å². The predicted molar refractivity (Wildman–Crippen MR) is 59.0 cm³/mol. The number of piperidine rings is 1. The number of aliphatic carboxylic acids is 1. The van der Waals surface area contributed by atoms with Crippen LogP contribution >= 0.6 is 0 Å². The van der Waals surface area contributed by atoms with Crippen LogP contribution in [0.1, 0.15) is 51.4 Å². The average Bonchev–Trinajstić information content (AvgIpc) is 2.29. The second kappa shape index (κ2) is 4.85. The molecule has 4 heteroatoms. The molecule has 0 aromatic heterocycles. The van der Waals surface area contributed by atoms with Gasteiger partial charge in [0.2, 0.25) is 5.91 Å². The minimum Gasteiger partial charge on any atom is -0.480 e. The Morgan fingerprint density at radius 3 is 2.44 bits per heavy atom. The van der Waals surface area contributed by atoms with E-state index in [0.29, 0.717) is 12.8 Å². The van der Waals surface area contributed by atoms with Gasteiger partial charge in [0, 0.05) is 12.5 Å². The number of carbonyl (C=O) groups is 2. The highest BCUT2D eigenvalue weighted by Gasteiger charge is 2.37. The van der Waals surface area contributed by atoms with Gasteiger partial charge in [-0.2, -0.15) is 0 Å². The van der Waals surface area contributed by atoms with Crippen molar-refractivity contribution in [1.29, 1.82) is 0 Å². The smallest absolute Gasteiger partial charge is 0.326 e. The summed E-state index contributed by atoms with van der Waals surface area (Å²) in [5.41, 5.74) is 0. The summed E-state index contributed by atoms with van der Waals surface area (Å²) in [6.07, 6.45) is 7.31. The first-order valence-electron chi connectivity index (χ1n) is 6.24. The molecule has 2 rings (SSSR count). The molecule has 4 nitrogen and oxygen atoms in total. The molecule has 1 aliphatic heterocycles. The SMILES string of the molecule is O=C(O)C1CCCC(=O)N1C1CCCCC1. The third kappa shape index (κ3) is 2.20. The summed E-state index contributed by atoms with van der Waals surface area (Å²) < 4.78 is 0. The summed E-state index contributed by atoms with van der Waals surface area (Å²) in [5, 5.41) is 9.16. The van der Waals surface area contributed by atoms with E-state index in [4.69, 9.17) is 5.11 Å². The number of hydrogen-bond acceptors (Lipinski definition) is 2. The second-order valence-electron chi connectivity index (χ2n) is 4.84. The molecular weight excluding hydrogens is 206 g/mol. The molecule has 0 aromatic carbocycles. The van der Waals surface area contributed by atoms with Crippen molar-refractivity contribution in [1.82, 2.24) is 4.90 Å². The molecule has 0 bridgehead atoms. The van der Waals surface area contributed by atoms with Crippen LogP contribution in [0.3, 0.4) is 0 Å². The maximum Gasteiger partial charge on any atom is 0.326 e. The molecule has 1 unspecified atom stereocenters. The zero-order valence-electron chi connectivity index (χ0n) is 9.52. The van der Waals surface area contributed by atoms with Crippen LogP contribution in [0.2, 0.25) is 0 Å². The summed E-state index contributed by atoms with van der Waals surface area (Å²) in [5.74, 6) is -0.788. The van der Waals surface area contributed by atoms with Gasteiger partial charge >= 0.3 is 5.97 Å². The molecule has 1 aliphatic carbocycles. The van der Waals surface area contributed by atoms with E-state index in [0.717, 1.165) is 32.1 Å². The highest BCUT2D eigenvalue weighted by Crippen LogP contribution is 2.29. The molecule has 16 heavy (non-hydrogen) atoms. The van der Waals surface area contributed by atoms with Crippen LogP contribution in [0, 0.1) is 0 Å². The van der Waals surface area contributed by atoms with E-state index in [-0.39, 0.29) is 11.9 Å². The Hall–Kier alpha value is -1.06. The fraction of sp³-hybridized carbons (Fsp3) is 0.833. The maximum atomic E-state index is 11.9. The van der Waals surface area contributed by atoms with E-state index >= 15 is 0 Å². The Morgan fingerprint density at radius 2 is 1.81 bits per heavy atom. The van der Waals surface area contributed by atoms with E-state index in [1.54, 1.807) is 4.90 Å². The monoisotopic (exact) mass is 225 g/mol. The van der Waals surface area contributed by atoms with Crippen LogP contribution < -0.4 is 0 Å². The molecule has 1 amide bonds. The first kappa shape index (κ1) is 11.4. The van der Waals surface area contributed by atoms with Crippen molar-refractivity contribution in [3.8, 4) is 0 Å². The number of likely N-dealkylation sites (tertiary alicyclic amines) is 1. The lowest BCUT2D eigenvalue weighted by Gasteiger charge is -2.40. The van der Waals surface area contributed by atoms with Gasteiger partial charge in [-0.3, -0.25) is 4.79 Å². The zero-order chi connectivity index (χ0) is 11.5. The topological polar surface area (TPSA) is 57.6 Å². The van der Waals surface area contributed by atoms with Crippen molar-refractivity contribution in [2.75, 3.05) is 0 Å². The number of rotatable bonds is 2. The molecule has 1 heterocycles. The number of carbonyl (C=O) groups excluding carboxylic acids is 1. The van der Waals surface area contributed by atoms with E-state index in [1.807, 2.05) is 0 Å². The third-order valence-corrected chi connectivity index (χ3v) is 3.75. The van der Waals surface area contributed by atoms with Crippen LogP contribution in [-0.4, -0.2) is 34.0 Å². The first-order chi connectivity index (χ1) is 7.70. The summed E-state index contributed by atoms with van der Waals surface area (Å²) >= 11 is 0. The summed E-state index contributed by atoms with van der Waals surface area (Å²) in [6.45, 7) is 0. The zero-order valence-corrected chi connectivity index (χ0v) is 9.52. The molecule has 1 atom stereocenters. The van der Waals surface area contributed by atoms with Crippen LogP contribution in [0.5, 0.6) is 0 Å². The van der Waals surface area contributed by atoms with Gasteiger partial charge in [0.1, 0.15) is 6.04 Å². The lowest BCUT2D eigenvalue weighted by molar-refractivity contribution is -0.156. The highest BCUT2D eigenvalue weighted by molar-refractivity contribution is 5.85. The van der Waals surface area contributed by atoms with E-state index in [2.05, 4.69) is 0 Å². The Bertz CT molecular complexity index is 284. The molecule has 1 saturated carbocycles. The summed E-state index contributed by atoms with van der Waals surface area (Å²) in [4.78, 5) is 24.7. The second-order valence-corrected chi connectivity index (χ2v) is 4.84. The van der Waals surface area contributed by atoms with Gasteiger partial charge < -0.3 is 10.0 Å². The van der Waals surface area contributed by atoms with Crippen molar-refractivity contribution in [2.45, 2.75) is 63.5 Å². The molecule has 2 fully saturated rings. The molecule has 90 valence electrons. The van der Waals surface area contributed by atoms with Gasteiger partial charge in [-0.05, 0) is 25.7 Å². The Balaban J connectivity index is 2.11. The fourth-order valence-corrected chi connectivity index (χ4v) is 2.95. The van der Waals surface area contributed by atoms with Gasteiger partial charge in [0.15, 0.2) is 0 Å². The number of carboxylic acids is 1. The molecular formula is C12H19NO3. The van der Waals surface area contributed by atoms with Gasteiger partial charge in [-0.1, -0.05) is 19.3 Å². The van der Waals surface area contributed by atoms with Crippen LogP contribution in [-0.2, 0) is 9.59 Å². The highest BCUT2D eigenvalue weighted by atomic mass is 16.4. The lowest BCUT2D eigenvalue weighted by atomic mass is 9.90. The molecule has 0 radical (unpaired) electrons. The van der Waals surface area contributed by atoms with Crippen molar-refractivity contribution in [3.05, 3.63) is 0 Å². The predicted octanol–water partition coefficient (Wildman–Crippen LogP) is 1.78. The Kier molecular flexibility index (Phi) is 3.46. The number of nitrogens with zero attached hydrogens (tertiary/aromatic N) is 1. The largest absolute Gasteiger partial charge is 0.480 e. The standard InChI is InChI=1S/C12H19NO3/c14-11-8-4-7-10(12(15)16)13(11)9-5-2-1-3-6-9/h9-10H,1-8H2,(H,15,16). The van der Waals surface area contributed by atoms with Crippen LogP contribution in [0.4, 0.5) is 0 Å². The molecule has 1 N–H and O–H groups in total. The number of carboxylic acid groups (broad SMARTS) is 1. The minimum atomic E-state index is -0.835. The fourth-order valence-electron chi connectivity index (χ4n) is 2.95. The number of hydrogen-bond donors (Lipinski definition) is 1. The van der Waals surface area contributed by atoms with Crippen molar-refractivity contribution >= 4 is 11.9 Å². The molecule has 2 aliphatic rings. The van der Waals surface area contributed by atoms with Crippen LogP contribution in [0.15, 0.2) is 0 Å². The summed E-state index contributed by atoms with van der Waals surface area (Å²) in [6, 6.07) is -0.382. The van der Waals surface area contributed by atoms with E-state index < -0.39 is 12.0 Å². The van der Waals surface area contributed by atoms with E-state index in [1.165, 1.54) is 6.42 Å². The quantitative estimate of drug-likeness (QED) is 0.779. The normalized spacial score (nSPS) is 28.1. The maximum absolute atomic E-state index is 11.9. The van der Waals surface area contributed by atoms with Gasteiger partial charge in [0.25, 0.3) is 0 Å². The lowest BCUT2D eigenvalue weighted by Crippen LogP contribution is -2.53. The molecule has 0 spiro atoms. The Labute approximate surface area is 95.6 Å². The first-order valence-corrected chi connectivity index (χ1v) is 6.24. The molecule has 0 aromatic rings. The van der Waals surface area contributed by atoms with Crippen molar-refractivity contribution < 1.29 is 14.7 Å². The number of amides is 1. The van der Waals surface area contributed by atoms with Gasteiger partial charge in [-0.15, -0.1) is 0 Å². The average molecular weight is 225 g/mol. The van der Waals surface area contributed by atoms with Gasteiger partial charge in [0.05, 0.1) is 0 Å². The van der Waals surface area contributed by atoms with Crippen molar-refractivity contribution in [3.63, 3.8) is 0 Å². The third-order valence-electron chi connectivity index (χ3n) is 3.75. The Morgan fingerprint density at radius 1 is 1.12 bits per heavy atom. The summed E-state index contributed by atoms with van der Waals surface area (Å²) in [7, 11) is 0.